The molecule has 2 nitrogen and oxygen atoms in total. The molecule has 16 heavy (non-hydrogen) atoms. The Kier molecular flexibility index (Phi) is 5.55. The average Bonchev–Trinajstić information content (AvgIpc) is 1.94. The number of rotatable bonds is 5. The molecule has 0 unspecified atom stereocenters. The van der Waals surface area contributed by atoms with Crippen LogP contribution in [0.25, 0.3) is 0 Å². The smallest absolute Gasteiger partial charge is 0.241 e. The van der Waals surface area contributed by atoms with Gasteiger partial charge >= 0.3 is 0 Å². The Morgan fingerprint density at radius 3 is 1.12 bits per heavy atom. The Bertz CT molecular complexity index is 250. The molecule has 0 N–H and O–H groups in total. The Balaban J connectivity index is 4.39. The van der Waals surface area contributed by atoms with Crippen molar-refractivity contribution in [2.75, 3.05) is 0 Å². The minimum atomic E-state index is -1.47. The van der Waals surface area contributed by atoms with Crippen molar-refractivity contribution in [1.29, 1.82) is 0 Å². The minimum Gasteiger partial charge on any atom is -0.548 e. The van der Waals surface area contributed by atoms with Gasteiger partial charge < -0.3 is 8.85 Å². The van der Waals surface area contributed by atoms with E-state index in [0.29, 0.717) is 0 Å². The zero-order chi connectivity index (χ0) is 13.0. The maximum atomic E-state index is 5.83. The summed E-state index contributed by atoms with van der Waals surface area (Å²) in [6.07, 6.45) is 3.99. The zero-order valence-corrected chi connectivity index (χ0v) is 14.0. The molecule has 0 aromatic rings. The average molecular weight is 259 g/mol. The van der Waals surface area contributed by atoms with Crippen molar-refractivity contribution in [3.63, 3.8) is 0 Å². The molecule has 0 fully saturated rings. The van der Waals surface area contributed by atoms with E-state index in [9.17, 15) is 0 Å². The number of allylic oxidation sites excluding steroid dienone is 4. The summed E-state index contributed by atoms with van der Waals surface area (Å²) in [6.45, 7) is 17.1. The van der Waals surface area contributed by atoms with Crippen molar-refractivity contribution in [2.45, 2.75) is 53.1 Å². The first-order chi connectivity index (χ1) is 6.99. The van der Waals surface area contributed by atoms with Gasteiger partial charge in [-0.25, -0.2) is 0 Å². The number of hydrogen-bond acceptors (Lipinski definition) is 2. The van der Waals surface area contributed by atoms with Crippen LogP contribution in [-0.2, 0) is 8.85 Å². The summed E-state index contributed by atoms with van der Waals surface area (Å²) in [5.41, 5.74) is 0. The fraction of sp³-hybridized carbons (Fsp3) is 0.667. The summed E-state index contributed by atoms with van der Waals surface area (Å²) in [4.78, 5) is 0. The van der Waals surface area contributed by atoms with Crippen LogP contribution in [0.3, 0.4) is 0 Å². The second kappa shape index (κ2) is 5.73. The highest BCUT2D eigenvalue weighted by Crippen LogP contribution is 2.12. The van der Waals surface area contributed by atoms with Gasteiger partial charge in [0.15, 0.2) is 0 Å². The lowest BCUT2D eigenvalue weighted by atomic mass is 10.4. The normalized spacial score (nSPS) is 15.0. The van der Waals surface area contributed by atoms with Crippen LogP contribution in [-0.4, -0.2) is 16.6 Å². The summed E-state index contributed by atoms with van der Waals surface area (Å²) < 4.78 is 11.7. The molecule has 0 bridgehead atoms. The van der Waals surface area contributed by atoms with E-state index >= 15 is 0 Å². The molecule has 0 aliphatic carbocycles. The Morgan fingerprint density at radius 1 is 0.688 bits per heavy atom. The minimum absolute atomic E-state index is 0.970. The fourth-order valence-electron chi connectivity index (χ4n) is 1.27. The van der Waals surface area contributed by atoms with Crippen LogP contribution in [0.15, 0.2) is 23.7 Å². The summed E-state index contributed by atoms with van der Waals surface area (Å²) >= 11 is 0. The first-order valence-corrected chi connectivity index (χ1v) is 12.5. The van der Waals surface area contributed by atoms with Crippen LogP contribution in [0.2, 0.25) is 39.3 Å². The van der Waals surface area contributed by atoms with E-state index in [2.05, 4.69) is 39.3 Å². The first-order valence-electron chi connectivity index (χ1n) is 5.73. The maximum absolute atomic E-state index is 5.83. The summed E-state index contributed by atoms with van der Waals surface area (Å²) in [7, 11) is -2.94. The van der Waals surface area contributed by atoms with Gasteiger partial charge in [0.2, 0.25) is 16.6 Å². The highest BCUT2D eigenvalue weighted by Gasteiger charge is 2.16. The molecule has 0 radical (unpaired) electrons. The lowest BCUT2D eigenvalue weighted by Gasteiger charge is -2.20. The molecule has 94 valence electrons. The Labute approximate surface area is 103 Å². The number of hydrogen-bond donors (Lipinski definition) is 0. The first kappa shape index (κ1) is 15.5. The van der Waals surface area contributed by atoms with Crippen LogP contribution < -0.4 is 0 Å². The van der Waals surface area contributed by atoms with Crippen LogP contribution in [0.5, 0.6) is 0 Å². The summed E-state index contributed by atoms with van der Waals surface area (Å²) in [5, 5.41) is 0. The SMILES string of the molecule is CC(=CC=C(C)O[Si](C)(C)C)O[Si](C)(C)C. The van der Waals surface area contributed by atoms with Gasteiger partial charge in [0.05, 0.1) is 11.5 Å². The largest absolute Gasteiger partial charge is 0.548 e. The molecule has 0 aromatic heterocycles. The van der Waals surface area contributed by atoms with E-state index in [-0.39, 0.29) is 0 Å². The van der Waals surface area contributed by atoms with Crippen molar-refractivity contribution < 1.29 is 8.85 Å². The molecular weight excluding hydrogens is 232 g/mol. The van der Waals surface area contributed by atoms with Gasteiger partial charge in [0.1, 0.15) is 0 Å². The van der Waals surface area contributed by atoms with E-state index in [1.54, 1.807) is 0 Å². The second-order valence-corrected chi connectivity index (χ2v) is 14.8. The standard InChI is InChI=1S/C12H26O2Si2/c1-11(13-15(3,4)5)9-10-12(2)14-16(6,7)8/h9-10H,1-8H3. The van der Waals surface area contributed by atoms with Gasteiger partial charge in [0.25, 0.3) is 0 Å². The van der Waals surface area contributed by atoms with Gasteiger partial charge in [-0.05, 0) is 65.3 Å². The van der Waals surface area contributed by atoms with Crippen LogP contribution in [0, 0.1) is 0 Å². The maximum Gasteiger partial charge on any atom is 0.241 e. The van der Waals surface area contributed by atoms with E-state index < -0.39 is 16.6 Å². The highest BCUT2D eigenvalue weighted by molar-refractivity contribution is 6.70. The van der Waals surface area contributed by atoms with Crippen LogP contribution >= 0.6 is 0 Å². The molecule has 4 heteroatoms. The topological polar surface area (TPSA) is 18.5 Å². The van der Waals surface area contributed by atoms with Gasteiger partial charge in [-0.15, -0.1) is 0 Å². The predicted octanol–water partition coefficient (Wildman–Crippen LogP) is 4.50. The van der Waals surface area contributed by atoms with Crippen molar-refractivity contribution in [1.82, 2.24) is 0 Å². The third-order valence-electron chi connectivity index (χ3n) is 1.49. The van der Waals surface area contributed by atoms with Gasteiger partial charge in [0, 0.05) is 0 Å². The molecule has 0 saturated heterocycles. The van der Waals surface area contributed by atoms with Crippen LogP contribution in [0.1, 0.15) is 13.8 Å². The molecule has 0 rings (SSSR count). The Hall–Kier alpha value is -0.486. The van der Waals surface area contributed by atoms with Crippen LogP contribution in [0.4, 0.5) is 0 Å². The van der Waals surface area contributed by atoms with E-state index in [0.717, 1.165) is 11.5 Å². The molecule has 0 aromatic carbocycles. The van der Waals surface area contributed by atoms with E-state index in [1.165, 1.54) is 0 Å². The molecule has 0 saturated carbocycles. The van der Waals surface area contributed by atoms with Crippen molar-refractivity contribution >= 4 is 16.6 Å². The van der Waals surface area contributed by atoms with Gasteiger partial charge in [-0.3, -0.25) is 0 Å². The molecule has 0 heterocycles. The molecule has 0 amide bonds. The quantitative estimate of drug-likeness (QED) is 0.411. The molecule has 0 atom stereocenters. The monoisotopic (exact) mass is 258 g/mol. The lowest BCUT2D eigenvalue weighted by molar-refractivity contribution is 0.416. The van der Waals surface area contributed by atoms with Crippen molar-refractivity contribution in [3.8, 4) is 0 Å². The lowest BCUT2D eigenvalue weighted by Crippen LogP contribution is -2.24. The van der Waals surface area contributed by atoms with E-state index in [1.807, 2.05) is 26.0 Å². The molecular formula is C12H26O2Si2. The van der Waals surface area contributed by atoms with E-state index in [4.69, 9.17) is 8.85 Å². The molecule has 0 spiro atoms. The third kappa shape index (κ3) is 10.0. The van der Waals surface area contributed by atoms with Gasteiger partial charge in [-0.1, -0.05) is 0 Å². The molecule has 0 aliphatic rings. The molecule has 0 aliphatic heterocycles. The van der Waals surface area contributed by atoms with Gasteiger partial charge in [-0.2, -0.15) is 0 Å². The van der Waals surface area contributed by atoms with Crippen molar-refractivity contribution in [3.05, 3.63) is 23.7 Å². The Morgan fingerprint density at radius 2 is 0.938 bits per heavy atom. The third-order valence-corrected chi connectivity index (χ3v) is 3.36. The van der Waals surface area contributed by atoms with Crippen molar-refractivity contribution in [2.24, 2.45) is 0 Å². The highest BCUT2D eigenvalue weighted by atomic mass is 28.4. The summed E-state index contributed by atoms with van der Waals surface area (Å²) in [6, 6.07) is 0. The predicted molar refractivity (Wildman–Crippen MR) is 76.4 cm³/mol. The summed E-state index contributed by atoms with van der Waals surface area (Å²) in [5.74, 6) is 1.94. The zero-order valence-electron chi connectivity index (χ0n) is 12.0. The second-order valence-electron chi connectivity index (χ2n) is 5.98. The fourth-order valence-corrected chi connectivity index (χ4v) is 3.34.